The lowest BCUT2D eigenvalue weighted by Gasteiger charge is -2.06. The summed E-state index contributed by atoms with van der Waals surface area (Å²) in [6, 6.07) is 14.7. The zero-order valence-corrected chi connectivity index (χ0v) is 10.3. The topological polar surface area (TPSA) is 17.9 Å². The van der Waals surface area contributed by atoms with Crippen LogP contribution in [0, 0.1) is 13.1 Å². The molecule has 0 aliphatic carbocycles. The first-order valence-electron chi connectivity index (χ1n) is 5.89. The quantitative estimate of drug-likeness (QED) is 0.729. The zero-order chi connectivity index (χ0) is 13.5. The molecule has 0 aliphatic rings. The van der Waals surface area contributed by atoms with Gasteiger partial charge in [0.05, 0.1) is 6.57 Å². The Hall–Kier alpha value is -2.78. The maximum atomic E-state index is 6.88. The van der Waals surface area contributed by atoms with Crippen LogP contribution in [0.2, 0.25) is 0 Å². The fourth-order valence-electron chi connectivity index (χ4n) is 1.63. The Balaban J connectivity index is 2.02. The normalized spacial score (nSPS) is 9.37. The second kappa shape index (κ2) is 6.23. The van der Waals surface area contributed by atoms with E-state index in [9.17, 15) is 0 Å². The molecule has 2 rings (SSSR count). The van der Waals surface area contributed by atoms with Crippen molar-refractivity contribution in [2.75, 3.05) is 6.54 Å². The summed E-state index contributed by atoms with van der Waals surface area (Å²) >= 11 is 0. The van der Waals surface area contributed by atoms with Gasteiger partial charge in [-0.3, -0.25) is 0 Å². The van der Waals surface area contributed by atoms with Crippen LogP contribution in [0.4, 0.5) is 5.69 Å². The second-order valence-corrected chi connectivity index (χ2v) is 3.98. The molecule has 0 amide bonds. The minimum atomic E-state index is 0.512. The van der Waals surface area contributed by atoms with Crippen LogP contribution in [0.3, 0.4) is 0 Å². The summed E-state index contributed by atoms with van der Waals surface area (Å²) in [4.78, 5) is 6.66. The third-order valence-electron chi connectivity index (χ3n) is 2.64. The molecule has 19 heavy (non-hydrogen) atoms. The molecule has 92 valence electrons. The molecule has 0 bridgehead atoms. The Labute approximate surface area is 112 Å². The SMILES string of the molecule is [C-]#[N+]CCc1ccc(Oc2ccc([N+]#[C-])cc2)cc1. The van der Waals surface area contributed by atoms with Crippen molar-refractivity contribution in [1.82, 2.24) is 0 Å². The Morgan fingerprint density at radius 2 is 1.42 bits per heavy atom. The van der Waals surface area contributed by atoms with Gasteiger partial charge in [0.15, 0.2) is 5.69 Å². The van der Waals surface area contributed by atoms with E-state index in [4.69, 9.17) is 17.9 Å². The fourth-order valence-corrected chi connectivity index (χ4v) is 1.63. The first kappa shape index (κ1) is 12.7. The summed E-state index contributed by atoms with van der Waals surface area (Å²) in [6.07, 6.45) is 0.767. The smallest absolute Gasteiger partial charge is 0.218 e. The third-order valence-corrected chi connectivity index (χ3v) is 2.64. The predicted molar refractivity (Wildman–Crippen MR) is 74.4 cm³/mol. The maximum absolute atomic E-state index is 6.88. The van der Waals surface area contributed by atoms with E-state index in [-0.39, 0.29) is 0 Å². The molecule has 2 aromatic rings. The summed E-state index contributed by atoms with van der Waals surface area (Å²) in [5.41, 5.74) is 1.73. The fraction of sp³-hybridized carbons (Fsp3) is 0.125. The van der Waals surface area contributed by atoms with E-state index in [2.05, 4.69) is 9.69 Å². The lowest BCUT2D eigenvalue weighted by Crippen LogP contribution is -1.88. The van der Waals surface area contributed by atoms with E-state index in [1.165, 1.54) is 0 Å². The Morgan fingerprint density at radius 1 is 0.842 bits per heavy atom. The summed E-state index contributed by atoms with van der Waals surface area (Å²) < 4.78 is 5.67. The van der Waals surface area contributed by atoms with Crippen molar-refractivity contribution in [3.05, 3.63) is 76.9 Å². The van der Waals surface area contributed by atoms with Crippen molar-refractivity contribution < 1.29 is 4.74 Å². The first-order valence-corrected chi connectivity index (χ1v) is 5.89. The molecule has 0 saturated carbocycles. The highest BCUT2D eigenvalue weighted by Gasteiger charge is 1.99. The lowest BCUT2D eigenvalue weighted by atomic mass is 10.1. The van der Waals surface area contributed by atoms with E-state index < -0.39 is 0 Å². The van der Waals surface area contributed by atoms with E-state index in [1.807, 2.05) is 24.3 Å². The zero-order valence-electron chi connectivity index (χ0n) is 10.3. The molecule has 0 spiro atoms. The molecule has 0 unspecified atom stereocenters. The van der Waals surface area contributed by atoms with Crippen molar-refractivity contribution >= 4 is 5.69 Å². The number of hydrogen-bond donors (Lipinski definition) is 0. The van der Waals surface area contributed by atoms with E-state index in [0.717, 1.165) is 17.7 Å². The molecule has 3 heteroatoms. The van der Waals surface area contributed by atoms with E-state index in [1.54, 1.807) is 24.3 Å². The highest BCUT2D eigenvalue weighted by atomic mass is 16.5. The van der Waals surface area contributed by atoms with Crippen LogP contribution >= 0.6 is 0 Å². The van der Waals surface area contributed by atoms with Gasteiger partial charge in [0.1, 0.15) is 11.5 Å². The number of hydrogen-bond acceptors (Lipinski definition) is 1. The van der Waals surface area contributed by atoms with Crippen molar-refractivity contribution in [2.45, 2.75) is 6.42 Å². The predicted octanol–water partition coefficient (Wildman–Crippen LogP) is 4.49. The van der Waals surface area contributed by atoms with Crippen molar-refractivity contribution in [1.29, 1.82) is 0 Å². The monoisotopic (exact) mass is 248 g/mol. The van der Waals surface area contributed by atoms with Gasteiger partial charge in [-0.2, -0.15) is 0 Å². The minimum absolute atomic E-state index is 0.512. The molecular formula is C16H12N2O. The summed E-state index contributed by atoms with van der Waals surface area (Å²) in [6.45, 7) is 14.1. The first-order chi connectivity index (χ1) is 9.31. The lowest BCUT2D eigenvalue weighted by molar-refractivity contribution is 0.482. The van der Waals surface area contributed by atoms with Gasteiger partial charge in [-0.05, 0) is 29.8 Å². The standard InChI is InChI=1S/C16H12N2O/c1-17-12-11-13-3-7-15(8-4-13)19-16-9-5-14(18-2)6-10-16/h3-10H,11-12H2. The van der Waals surface area contributed by atoms with Crippen LogP contribution in [0.15, 0.2) is 48.5 Å². The molecule has 0 aromatic heterocycles. The largest absolute Gasteiger partial charge is 0.457 e. The molecule has 0 N–H and O–H groups in total. The third kappa shape index (κ3) is 3.59. The van der Waals surface area contributed by atoms with Crippen molar-refractivity contribution in [2.24, 2.45) is 0 Å². The summed E-state index contributed by atoms with van der Waals surface area (Å²) in [7, 11) is 0. The Morgan fingerprint density at radius 3 is 1.95 bits per heavy atom. The second-order valence-electron chi connectivity index (χ2n) is 3.98. The molecule has 3 nitrogen and oxygen atoms in total. The number of rotatable bonds is 4. The number of benzene rings is 2. The van der Waals surface area contributed by atoms with Gasteiger partial charge in [-0.25, -0.2) is 11.4 Å². The van der Waals surface area contributed by atoms with Gasteiger partial charge in [-0.1, -0.05) is 24.3 Å². The van der Waals surface area contributed by atoms with Crippen molar-refractivity contribution in [3.8, 4) is 11.5 Å². The molecule has 0 radical (unpaired) electrons. The van der Waals surface area contributed by atoms with E-state index in [0.29, 0.717) is 18.0 Å². The van der Waals surface area contributed by atoms with Gasteiger partial charge in [0.2, 0.25) is 6.54 Å². The summed E-state index contributed by atoms with van der Waals surface area (Å²) in [5, 5.41) is 0. The molecule has 0 atom stereocenters. The van der Waals surface area contributed by atoms with Crippen LogP contribution in [-0.2, 0) is 6.42 Å². The summed E-state index contributed by atoms with van der Waals surface area (Å²) in [5.74, 6) is 1.46. The van der Waals surface area contributed by atoms with Gasteiger partial charge in [-0.15, -0.1) is 0 Å². The average Bonchev–Trinajstić information content (AvgIpc) is 2.47. The van der Waals surface area contributed by atoms with Crippen LogP contribution in [0.25, 0.3) is 9.69 Å². The maximum Gasteiger partial charge on any atom is 0.218 e. The molecule has 2 aromatic carbocycles. The van der Waals surface area contributed by atoms with Crippen molar-refractivity contribution in [3.63, 3.8) is 0 Å². The molecule has 0 saturated heterocycles. The van der Waals surface area contributed by atoms with Gasteiger partial charge in [0, 0.05) is 6.42 Å². The highest BCUT2D eigenvalue weighted by molar-refractivity contribution is 5.47. The van der Waals surface area contributed by atoms with Crippen LogP contribution in [0.5, 0.6) is 11.5 Å². The van der Waals surface area contributed by atoms with Gasteiger partial charge < -0.3 is 9.58 Å². The van der Waals surface area contributed by atoms with Crippen LogP contribution < -0.4 is 4.74 Å². The molecule has 0 fully saturated rings. The number of ether oxygens (including phenoxy) is 1. The molecular weight excluding hydrogens is 236 g/mol. The highest BCUT2D eigenvalue weighted by Crippen LogP contribution is 2.24. The Bertz CT molecular complexity index is 616. The Kier molecular flexibility index (Phi) is 4.16. The molecule has 0 aliphatic heterocycles. The minimum Gasteiger partial charge on any atom is -0.457 e. The van der Waals surface area contributed by atoms with Gasteiger partial charge in [0.25, 0.3) is 0 Å². The van der Waals surface area contributed by atoms with E-state index >= 15 is 0 Å². The van der Waals surface area contributed by atoms with Crippen LogP contribution in [-0.4, -0.2) is 6.54 Å². The van der Waals surface area contributed by atoms with Gasteiger partial charge >= 0.3 is 0 Å². The number of nitrogens with zero attached hydrogens (tertiary/aromatic N) is 2. The van der Waals surface area contributed by atoms with Crippen LogP contribution in [0.1, 0.15) is 5.56 Å². The average molecular weight is 248 g/mol. The molecule has 0 heterocycles.